The summed E-state index contributed by atoms with van der Waals surface area (Å²) in [5, 5.41) is 14.3. The first-order chi connectivity index (χ1) is 25.2. The van der Waals surface area contributed by atoms with Crippen molar-refractivity contribution < 1.29 is 24.2 Å². The Morgan fingerprint density at radius 3 is 2.63 bits per heavy atom. The zero-order chi connectivity index (χ0) is 36.0. The van der Waals surface area contributed by atoms with E-state index in [0.29, 0.717) is 71.5 Å². The molecule has 3 heterocycles. The van der Waals surface area contributed by atoms with E-state index in [0.717, 1.165) is 50.6 Å². The fourth-order valence-corrected chi connectivity index (χ4v) is 10.8. The number of ether oxygens (including phenoxy) is 2. The molecular weight excluding hydrogens is 693 g/mol. The Morgan fingerprint density at radius 2 is 1.81 bits per heavy atom. The minimum Gasteiger partial charge on any atom is -0.490 e. The van der Waals surface area contributed by atoms with Crippen molar-refractivity contribution in [3.63, 3.8) is 0 Å². The molecule has 2 unspecified atom stereocenters. The summed E-state index contributed by atoms with van der Waals surface area (Å²) in [6.45, 7) is 8.76. The molecule has 1 amide bonds. The van der Waals surface area contributed by atoms with E-state index < -0.39 is 5.97 Å². The Balaban J connectivity index is 0.914. The van der Waals surface area contributed by atoms with E-state index in [9.17, 15) is 14.7 Å². The van der Waals surface area contributed by atoms with Crippen molar-refractivity contribution in [2.75, 3.05) is 23.4 Å². The maximum atomic E-state index is 13.5. The highest BCUT2D eigenvalue weighted by molar-refractivity contribution is 7.22. The first-order valence-corrected chi connectivity index (χ1v) is 19.9. The van der Waals surface area contributed by atoms with Gasteiger partial charge in [-0.3, -0.25) is 10.1 Å². The lowest BCUT2D eigenvalue weighted by Gasteiger charge is -2.46. The third kappa shape index (κ3) is 6.65. The number of carboxylic acids is 1. The van der Waals surface area contributed by atoms with Crippen molar-refractivity contribution in [1.82, 2.24) is 9.97 Å². The molecule has 8 rings (SSSR count). The van der Waals surface area contributed by atoms with Gasteiger partial charge in [0.15, 0.2) is 27.5 Å². The Morgan fingerprint density at radius 1 is 1.00 bits per heavy atom. The predicted molar refractivity (Wildman–Crippen MR) is 206 cm³/mol. The smallest absolute Gasteiger partial charge is 0.355 e. The van der Waals surface area contributed by atoms with Crippen molar-refractivity contribution in [2.45, 2.75) is 71.9 Å². The number of rotatable bonds is 11. The Kier molecular flexibility index (Phi) is 9.42. The van der Waals surface area contributed by atoms with E-state index in [1.165, 1.54) is 35.5 Å². The van der Waals surface area contributed by atoms with Crippen LogP contribution in [0.2, 0.25) is 0 Å². The number of carbonyl (C=O) groups is 2. The number of benzene rings is 3. The van der Waals surface area contributed by atoms with E-state index in [2.05, 4.69) is 47.0 Å². The highest BCUT2D eigenvalue weighted by Crippen LogP contribution is 2.58. The second-order valence-electron chi connectivity index (χ2n) is 15.0. The second kappa shape index (κ2) is 14.2. The van der Waals surface area contributed by atoms with Gasteiger partial charge in [0.05, 0.1) is 16.8 Å². The van der Waals surface area contributed by atoms with Crippen LogP contribution < -0.4 is 19.7 Å². The summed E-state index contributed by atoms with van der Waals surface area (Å²) in [7, 11) is 0. The summed E-state index contributed by atoms with van der Waals surface area (Å²) in [6.07, 6.45) is 5.70. The third-order valence-corrected chi connectivity index (χ3v) is 13.8. The quantitative estimate of drug-likeness (QED) is 0.129. The Bertz CT molecular complexity index is 2090. The molecule has 3 aliphatic rings. The number of carboxylic acid groups (broad SMARTS) is 1. The molecule has 2 aliphatic carbocycles. The fraction of sp³-hybridized carbons (Fsp3) is 0.415. The van der Waals surface area contributed by atoms with Gasteiger partial charge in [0, 0.05) is 23.5 Å². The van der Waals surface area contributed by atoms with Crippen LogP contribution in [0, 0.1) is 23.2 Å². The number of carbonyl (C=O) groups excluding carboxylic acids is 1. The summed E-state index contributed by atoms with van der Waals surface area (Å²) in [5.74, 6) is 2.11. The van der Waals surface area contributed by atoms with Crippen LogP contribution >= 0.6 is 22.7 Å². The normalized spacial score (nSPS) is 21.9. The van der Waals surface area contributed by atoms with Crippen LogP contribution in [0.4, 0.5) is 10.3 Å². The molecule has 2 fully saturated rings. The van der Waals surface area contributed by atoms with Crippen LogP contribution in [-0.2, 0) is 19.4 Å². The molecular formula is C41H44N4O5S2. The Labute approximate surface area is 312 Å². The number of amides is 1. The minimum absolute atomic E-state index is 0.0836. The van der Waals surface area contributed by atoms with Gasteiger partial charge in [-0.15, -0.1) is 11.3 Å². The van der Waals surface area contributed by atoms with Gasteiger partial charge in [-0.1, -0.05) is 68.5 Å². The summed E-state index contributed by atoms with van der Waals surface area (Å²) >= 11 is 2.86. The number of aromatic nitrogens is 2. The molecule has 2 N–H and O–H groups in total. The minimum atomic E-state index is -1.04. The highest BCUT2D eigenvalue weighted by Gasteiger charge is 2.52. The topological polar surface area (TPSA) is 114 Å². The molecule has 0 spiro atoms. The molecule has 2 aromatic heterocycles. The van der Waals surface area contributed by atoms with Crippen LogP contribution in [0.5, 0.6) is 11.5 Å². The van der Waals surface area contributed by atoms with E-state index >= 15 is 0 Å². The SMILES string of the molecule is CC1C(Oc2ccccc2OCCCc2sc(N3CCc4cccc(C(=O)Nc5nc6ccccc6s5)c4C3)nc2C(=O)O)C[C@@H]2CC[C@H]1C2(C)C. The number of nitrogens with one attached hydrogen (secondary N) is 1. The van der Waals surface area contributed by atoms with Crippen molar-refractivity contribution in [2.24, 2.45) is 23.2 Å². The van der Waals surface area contributed by atoms with E-state index in [1.807, 2.05) is 60.7 Å². The Hall–Kier alpha value is -4.48. The van der Waals surface area contributed by atoms with Gasteiger partial charge in [0.2, 0.25) is 0 Å². The number of hydrogen-bond donors (Lipinski definition) is 2. The zero-order valence-electron chi connectivity index (χ0n) is 29.8. The van der Waals surface area contributed by atoms with Crippen LogP contribution in [0.15, 0.2) is 66.7 Å². The molecule has 0 saturated heterocycles. The number of para-hydroxylation sites is 3. The molecule has 5 aromatic rings. The highest BCUT2D eigenvalue weighted by atomic mass is 32.1. The van der Waals surface area contributed by atoms with Gasteiger partial charge in [-0.2, -0.15) is 0 Å². The fourth-order valence-electron chi connectivity index (χ4n) is 8.80. The number of hydrogen-bond acceptors (Lipinski definition) is 9. The molecule has 11 heteroatoms. The average Bonchev–Trinajstić information content (AvgIpc) is 3.80. The van der Waals surface area contributed by atoms with E-state index in [4.69, 9.17) is 9.47 Å². The second-order valence-corrected chi connectivity index (χ2v) is 17.1. The van der Waals surface area contributed by atoms with Crippen molar-refractivity contribution >= 4 is 55.0 Å². The van der Waals surface area contributed by atoms with Crippen molar-refractivity contribution in [1.29, 1.82) is 0 Å². The van der Waals surface area contributed by atoms with Crippen LogP contribution in [0.25, 0.3) is 10.2 Å². The number of nitrogens with zero attached hydrogens (tertiary/aromatic N) is 3. The molecule has 1 aliphatic heterocycles. The lowest BCUT2D eigenvalue weighted by Crippen LogP contribution is -2.44. The summed E-state index contributed by atoms with van der Waals surface area (Å²) in [4.78, 5) is 37.8. The number of anilines is 2. The largest absolute Gasteiger partial charge is 0.490 e. The summed E-state index contributed by atoms with van der Waals surface area (Å²) < 4.78 is 13.9. The number of aromatic carboxylic acids is 1. The average molecular weight is 737 g/mol. The molecule has 4 atom stereocenters. The number of fused-ring (bicyclic) bond motifs is 4. The third-order valence-electron chi connectivity index (χ3n) is 11.7. The van der Waals surface area contributed by atoms with Gasteiger partial charge in [-0.25, -0.2) is 14.8 Å². The van der Waals surface area contributed by atoms with Crippen LogP contribution in [0.3, 0.4) is 0 Å². The molecule has 9 nitrogen and oxygen atoms in total. The summed E-state index contributed by atoms with van der Waals surface area (Å²) in [5.41, 5.74) is 3.93. The van der Waals surface area contributed by atoms with Crippen molar-refractivity contribution in [3.8, 4) is 11.5 Å². The monoisotopic (exact) mass is 736 g/mol. The molecule has 270 valence electrons. The zero-order valence-corrected chi connectivity index (χ0v) is 31.4. The summed E-state index contributed by atoms with van der Waals surface area (Å²) in [6, 6.07) is 21.5. The van der Waals surface area contributed by atoms with Crippen LogP contribution in [-0.4, -0.2) is 46.2 Å². The van der Waals surface area contributed by atoms with Crippen molar-refractivity contribution in [3.05, 3.63) is 94.0 Å². The molecule has 2 bridgehead atoms. The van der Waals surface area contributed by atoms with E-state index in [-0.39, 0.29) is 17.7 Å². The van der Waals surface area contributed by atoms with Gasteiger partial charge < -0.3 is 19.5 Å². The van der Waals surface area contributed by atoms with Gasteiger partial charge in [-0.05, 0) is 103 Å². The van der Waals surface area contributed by atoms with Gasteiger partial charge >= 0.3 is 5.97 Å². The lowest BCUT2D eigenvalue weighted by molar-refractivity contribution is -0.0172. The standard InChI is InChI=1S/C41H44N4O5S2/c1-24-29-18-17-26(41(29,2)3)22-33(24)50-32-14-6-5-13-31(32)49-21-9-16-35-36(38(47)48)43-40(52-35)45-20-19-25-10-8-11-27(28(25)23-45)37(46)44-39-42-30-12-4-7-15-34(30)51-39/h4-8,10-15,24,26,29,33H,9,16-23H2,1-3H3,(H,47,48)(H,42,44,46)/t24?,26-,29+,33?/m0/s1. The first-order valence-electron chi connectivity index (χ1n) is 18.3. The van der Waals surface area contributed by atoms with E-state index in [1.54, 1.807) is 0 Å². The maximum absolute atomic E-state index is 13.5. The predicted octanol–water partition coefficient (Wildman–Crippen LogP) is 9.12. The number of aryl methyl sites for hydroxylation is 1. The van der Waals surface area contributed by atoms with Gasteiger partial charge in [0.25, 0.3) is 5.91 Å². The molecule has 0 radical (unpaired) electrons. The first kappa shape index (κ1) is 34.6. The molecule has 52 heavy (non-hydrogen) atoms. The lowest BCUT2D eigenvalue weighted by atomic mass is 9.62. The maximum Gasteiger partial charge on any atom is 0.355 e. The van der Waals surface area contributed by atoms with Gasteiger partial charge in [0.1, 0.15) is 6.10 Å². The number of thiazole rings is 2. The molecule has 2 saturated carbocycles. The molecule has 3 aromatic carbocycles. The van der Waals surface area contributed by atoms with Crippen LogP contribution in [0.1, 0.15) is 83.3 Å².